The van der Waals surface area contributed by atoms with Gasteiger partial charge in [0, 0.05) is 10.9 Å². The predicted molar refractivity (Wildman–Crippen MR) is 84.2 cm³/mol. The van der Waals surface area contributed by atoms with Crippen LogP contribution in [-0.2, 0) is 6.42 Å². The average molecular weight is 325 g/mol. The molecule has 0 aliphatic heterocycles. The topological polar surface area (TPSA) is 20.2 Å². The molecular weight excluding hydrogens is 300 g/mol. The van der Waals surface area contributed by atoms with Crippen molar-refractivity contribution >= 4 is 15.9 Å². The molecule has 1 aromatic carbocycles. The van der Waals surface area contributed by atoms with Crippen LogP contribution in [0.1, 0.15) is 51.5 Å². The number of aliphatic hydroxyl groups is 1. The smallest absolute Gasteiger partial charge is 0.0688 e. The number of halogens is 1. The first kappa shape index (κ1) is 15.1. The Balaban J connectivity index is 2.05. The van der Waals surface area contributed by atoms with E-state index >= 15 is 0 Å². The number of hydrogen-bond acceptors (Lipinski definition) is 1. The van der Waals surface area contributed by atoms with Gasteiger partial charge in [-0.1, -0.05) is 60.8 Å². The zero-order valence-corrected chi connectivity index (χ0v) is 13.6. The Labute approximate surface area is 125 Å². The summed E-state index contributed by atoms with van der Waals surface area (Å²) in [4.78, 5) is 0. The van der Waals surface area contributed by atoms with Gasteiger partial charge < -0.3 is 5.11 Å². The lowest BCUT2D eigenvalue weighted by molar-refractivity contribution is 0.0235. The molecule has 1 aliphatic carbocycles. The lowest BCUT2D eigenvalue weighted by Gasteiger charge is -2.27. The lowest BCUT2D eigenvalue weighted by atomic mass is 9.85. The second kappa shape index (κ2) is 6.41. The van der Waals surface area contributed by atoms with E-state index in [1.807, 2.05) is 6.07 Å². The van der Waals surface area contributed by atoms with E-state index in [-0.39, 0.29) is 0 Å². The predicted octanol–water partition coefficient (Wildman–Crippen LogP) is 4.96. The van der Waals surface area contributed by atoms with Gasteiger partial charge in [0.2, 0.25) is 0 Å². The summed E-state index contributed by atoms with van der Waals surface area (Å²) in [5.74, 6) is 1.53. The minimum absolute atomic E-state index is 0.506. The molecule has 2 unspecified atom stereocenters. The van der Waals surface area contributed by atoms with Gasteiger partial charge in [-0.3, -0.25) is 0 Å². The highest BCUT2D eigenvalue weighted by Gasteiger charge is 2.32. The first-order valence-electron chi connectivity index (χ1n) is 7.46. The zero-order chi connectivity index (χ0) is 13.9. The molecule has 2 atom stereocenters. The van der Waals surface area contributed by atoms with Crippen molar-refractivity contribution in [2.45, 2.75) is 58.0 Å². The van der Waals surface area contributed by atoms with Gasteiger partial charge in [-0.2, -0.15) is 0 Å². The third kappa shape index (κ3) is 4.06. The molecule has 0 heterocycles. The van der Waals surface area contributed by atoms with Crippen LogP contribution < -0.4 is 0 Å². The van der Waals surface area contributed by atoms with Crippen molar-refractivity contribution in [3.05, 3.63) is 34.3 Å². The molecule has 19 heavy (non-hydrogen) atoms. The fourth-order valence-corrected chi connectivity index (χ4v) is 3.68. The molecule has 106 valence electrons. The second-order valence-corrected chi connectivity index (χ2v) is 7.28. The summed E-state index contributed by atoms with van der Waals surface area (Å²) in [5.41, 5.74) is 0.723. The summed E-state index contributed by atoms with van der Waals surface area (Å²) in [6, 6.07) is 8.26. The number of hydrogen-bond donors (Lipinski definition) is 1. The molecule has 1 aromatic rings. The Morgan fingerprint density at radius 2 is 2.00 bits per heavy atom. The molecule has 1 saturated carbocycles. The van der Waals surface area contributed by atoms with E-state index in [1.54, 1.807) is 0 Å². The molecule has 0 bridgehead atoms. The Bertz CT molecular complexity index is 415. The molecule has 2 heteroatoms. The van der Waals surface area contributed by atoms with Gasteiger partial charge in [0.1, 0.15) is 0 Å². The van der Waals surface area contributed by atoms with E-state index in [1.165, 1.54) is 18.4 Å². The van der Waals surface area contributed by atoms with E-state index in [2.05, 4.69) is 48.0 Å². The number of rotatable bonds is 3. The average Bonchev–Trinajstić information content (AvgIpc) is 2.55. The van der Waals surface area contributed by atoms with Gasteiger partial charge in [0.15, 0.2) is 0 Å². The Hall–Kier alpha value is -0.340. The van der Waals surface area contributed by atoms with Crippen LogP contribution in [0.3, 0.4) is 0 Å². The maximum Gasteiger partial charge on any atom is 0.0688 e. The van der Waals surface area contributed by atoms with Gasteiger partial charge in [-0.15, -0.1) is 0 Å². The van der Waals surface area contributed by atoms with Crippen LogP contribution in [0.2, 0.25) is 0 Å². The molecule has 0 radical (unpaired) electrons. The SMILES string of the molecule is CC(C)C1CCCC(O)(Cc2ccccc2Br)CC1. The molecule has 1 N–H and O–H groups in total. The summed E-state index contributed by atoms with van der Waals surface area (Å²) in [6.45, 7) is 4.62. The fourth-order valence-electron chi connectivity index (χ4n) is 3.26. The molecule has 0 saturated heterocycles. The van der Waals surface area contributed by atoms with Crippen LogP contribution in [0.5, 0.6) is 0 Å². The molecular formula is C17H25BrO. The lowest BCUT2D eigenvalue weighted by Crippen LogP contribution is -2.31. The zero-order valence-electron chi connectivity index (χ0n) is 12.0. The highest BCUT2D eigenvalue weighted by molar-refractivity contribution is 9.10. The maximum atomic E-state index is 10.9. The molecule has 0 aromatic heterocycles. The highest BCUT2D eigenvalue weighted by Crippen LogP contribution is 2.36. The van der Waals surface area contributed by atoms with E-state index in [0.717, 1.165) is 42.0 Å². The van der Waals surface area contributed by atoms with E-state index in [0.29, 0.717) is 0 Å². The highest BCUT2D eigenvalue weighted by atomic mass is 79.9. The van der Waals surface area contributed by atoms with Crippen LogP contribution in [0.15, 0.2) is 28.7 Å². The van der Waals surface area contributed by atoms with Gasteiger partial charge >= 0.3 is 0 Å². The van der Waals surface area contributed by atoms with Crippen LogP contribution in [-0.4, -0.2) is 10.7 Å². The third-order valence-corrected chi connectivity index (χ3v) is 5.39. The van der Waals surface area contributed by atoms with Crippen LogP contribution >= 0.6 is 15.9 Å². The van der Waals surface area contributed by atoms with Gasteiger partial charge in [-0.05, 0) is 42.7 Å². The Morgan fingerprint density at radius 3 is 2.68 bits per heavy atom. The molecule has 2 rings (SSSR count). The first-order valence-corrected chi connectivity index (χ1v) is 8.25. The summed E-state index contributed by atoms with van der Waals surface area (Å²) in [6.07, 6.45) is 6.26. The quantitative estimate of drug-likeness (QED) is 0.779. The molecule has 0 spiro atoms. The Kier molecular flexibility index (Phi) is 5.08. The Morgan fingerprint density at radius 1 is 1.26 bits per heavy atom. The van der Waals surface area contributed by atoms with Crippen molar-refractivity contribution in [1.82, 2.24) is 0 Å². The van der Waals surface area contributed by atoms with Crippen molar-refractivity contribution in [1.29, 1.82) is 0 Å². The molecule has 0 amide bonds. The third-order valence-electron chi connectivity index (χ3n) is 4.62. The summed E-state index contributed by atoms with van der Waals surface area (Å²) in [5, 5.41) is 10.9. The first-order chi connectivity index (χ1) is 9.00. The minimum Gasteiger partial charge on any atom is -0.390 e. The standard InChI is InChI=1S/C17H25BrO/c1-13(2)14-7-5-10-17(19,11-9-14)12-15-6-3-4-8-16(15)18/h3-4,6,8,13-14,19H,5,7,9-12H2,1-2H3. The van der Waals surface area contributed by atoms with Crippen LogP contribution in [0.25, 0.3) is 0 Å². The monoisotopic (exact) mass is 324 g/mol. The molecule has 1 aliphatic rings. The number of benzene rings is 1. The van der Waals surface area contributed by atoms with Gasteiger partial charge in [0.25, 0.3) is 0 Å². The van der Waals surface area contributed by atoms with Crippen LogP contribution in [0, 0.1) is 11.8 Å². The van der Waals surface area contributed by atoms with E-state index in [4.69, 9.17) is 0 Å². The van der Waals surface area contributed by atoms with E-state index in [9.17, 15) is 5.11 Å². The van der Waals surface area contributed by atoms with E-state index < -0.39 is 5.60 Å². The minimum atomic E-state index is -0.506. The summed E-state index contributed by atoms with van der Waals surface area (Å²) >= 11 is 3.59. The largest absolute Gasteiger partial charge is 0.390 e. The van der Waals surface area contributed by atoms with Crippen molar-refractivity contribution in [3.8, 4) is 0 Å². The van der Waals surface area contributed by atoms with Gasteiger partial charge in [0.05, 0.1) is 5.60 Å². The molecule has 1 nitrogen and oxygen atoms in total. The fraction of sp³-hybridized carbons (Fsp3) is 0.647. The van der Waals surface area contributed by atoms with Crippen molar-refractivity contribution < 1.29 is 5.11 Å². The van der Waals surface area contributed by atoms with Crippen molar-refractivity contribution in [2.75, 3.05) is 0 Å². The van der Waals surface area contributed by atoms with Gasteiger partial charge in [-0.25, -0.2) is 0 Å². The van der Waals surface area contributed by atoms with Crippen LogP contribution in [0.4, 0.5) is 0 Å². The van der Waals surface area contributed by atoms with Crippen molar-refractivity contribution in [2.24, 2.45) is 11.8 Å². The normalized spacial score (nSPS) is 28.4. The van der Waals surface area contributed by atoms with Crippen molar-refractivity contribution in [3.63, 3.8) is 0 Å². The summed E-state index contributed by atoms with van der Waals surface area (Å²) < 4.78 is 1.12. The second-order valence-electron chi connectivity index (χ2n) is 6.43. The maximum absolute atomic E-state index is 10.9. The molecule has 1 fully saturated rings. The summed E-state index contributed by atoms with van der Waals surface area (Å²) in [7, 11) is 0.